The van der Waals surface area contributed by atoms with Gasteiger partial charge in [0.15, 0.2) is 0 Å². The lowest BCUT2D eigenvalue weighted by atomic mass is 9.67. The second-order valence-electron chi connectivity index (χ2n) is 14.7. The monoisotopic (exact) mass is 709 g/mol. The second kappa shape index (κ2) is 12.1. The molecule has 7 aromatic carbocycles. The summed E-state index contributed by atoms with van der Waals surface area (Å²) in [5.41, 5.74) is 14.6. The van der Waals surface area contributed by atoms with Crippen molar-refractivity contribution in [3.8, 4) is 28.1 Å². The van der Waals surface area contributed by atoms with Gasteiger partial charge in [-0.05, 0) is 106 Å². The van der Waals surface area contributed by atoms with E-state index in [9.17, 15) is 0 Å². The summed E-state index contributed by atoms with van der Waals surface area (Å²) in [5.74, 6) is 0.860. The first-order valence-corrected chi connectivity index (χ1v) is 18.8. The van der Waals surface area contributed by atoms with Gasteiger partial charge in [0, 0.05) is 33.7 Å². The molecule has 0 saturated heterocycles. The van der Waals surface area contributed by atoms with Gasteiger partial charge in [-0.25, -0.2) is 4.98 Å². The van der Waals surface area contributed by atoms with Crippen LogP contribution < -0.4 is 9.80 Å². The van der Waals surface area contributed by atoms with E-state index in [0.717, 1.165) is 50.3 Å². The van der Waals surface area contributed by atoms with Crippen LogP contribution in [0, 0.1) is 6.92 Å². The fourth-order valence-electron chi connectivity index (χ4n) is 9.42. The number of pyridine rings is 1. The maximum absolute atomic E-state index is 8.37. The highest BCUT2D eigenvalue weighted by molar-refractivity contribution is 6.09. The number of hydrogen-bond acceptors (Lipinski definition) is 3. The highest BCUT2D eigenvalue weighted by atomic mass is 15.4. The zero-order valence-corrected chi connectivity index (χ0v) is 30.3. The van der Waals surface area contributed by atoms with Crippen molar-refractivity contribution < 1.29 is 4.11 Å². The number of para-hydroxylation sites is 3. The molecule has 0 N–H and O–H groups in total. The molecule has 4 heteroatoms. The summed E-state index contributed by atoms with van der Waals surface area (Å²) in [6.07, 6.45) is 1.92. The first-order valence-electron chi connectivity index (χ1n) is 20.3. The molecule has 2 aliphatic rings. The average Bonchev–Trinajstić information content (AvgIpc) is 3.91. The number of aryl methyl sites for hydroxylation is 1. The Hall–Kier alpha value is -6.91. The molecule has 0 saturated carbocycles. The Labute approximate surface area is 325 Å². The van der Waals surface area contributed by atoms with Crippen LogP contribution in [0.5, 0.6) is 0 Å². The third-order valence-electron chi connectivity index (χ3n) is 11.8. The predicted octanol–water partition coefficient (Wildman–Crippen LogP) is 12.1. The molecule has 262 valence electrons. The Morgan fingerprint density at radius 1 is 0.564 bits per heavy atom. The number of aromatic nitrogens is 2. The highest BCUT2D eigenvalue weighted by Gasteiger charge is 2.46. The lowest BCUT2D eigenvalue weighted by Crippen LogP contribution is -2.29. The van der Waals surface area contributed by atoms with Crippen LogP contribution in [0.3, 0.4) is 0 Å². The number of fused-ring (bicyclic) bond motifs is 7. The minimum atomic E-state index is -2.28. The Morgan fingerprint density at radius 3 is 2.04 bits per heavy atom. The topological polar surface area (TPSA) is 24.3 Å². The van der Waals surface area contributed by atoms with Gasteiger partial charge in [-0.2, -0.15) is 0 Å². The molecule has 4 nitrogen and oxygen atoms in total. The van der Waals surface area contributed by atoms with Gasteiger partial charge in [0.25, 0.3) is 0 Å². The molecule has 55 heavy (non-hydrogen) atoms. The van der Waals surface area contributed by atoms with Gasteiger partial charge >= 0.3 is 0 Å². The van der Waals surface area contributed by atoms with E-state index < -0.39 is 12.4 Å². The summed E-state index contributed by atoms with van der Waals surface area (Å²) >= 11 is 0. The van der Waals surface area contributed by atoms with Crippen LogP contribution in [0.15, 0.2) is 182 Å². The van der Waals surface area contributed by atoms with Gasteiger partial charge in [-0.1, -0.05) is 127 Å². The number of anilines is 3. The Balaban J connectivity index is 1.17. The third-order valence-corrected chi connectivity index (χ3v) is 11.8. The average molecular weight is 710 g/mol. The van der Waals surface area contributed by atoms with Crippen LogP contribution >= 0.6 is 0 Å². The van der Waals surface area contributed by atoms with E-state index in [-0.39, 0.29) is 6.67 Å². The van der Waals surface area contributed by atoms with E-state index in [1.54, 1.807) is 0 Å². The van der Waals surface area contributed by atoms with Gasteiger partial charge in [0.05, 0.1) is 34.5 Å². The van der Waals surface area contributed by atoms with Crippen molar-refractivity contribution in [1.82, 2.24) is 9.55 Å². The molecule has 0 radical (unpaired) electrons. The molecule has 1 aliphatic heterocycles. The van der Waals surface area contributed by atoms with Crippen molar-refractivity contribution in [2.45, 2.75) is 12.3 Å². The van der Waals surface area contributed by atoms with Gasteiger partial charge < -0.3 is 9.80 Å². The smallest absolute Gasteiger partial charge is 0.138 e. The molecule has 2 aromatic heterocycles. The van der Waals surface area contributed by atoms with Crippen molar-refractivity contribution in [3.63, 3.8) is 0 Å². The van der Waals surface area contributed by atoms with Crippen LogP contribution in [0.25, 0.3) is 49.9 Å². The van der Waals surface area contributed by atoms with Gasteiger partial charge in [0.1, 0.15) is 5.82 Å². The molecule has 0 atom stereocenters. The first-order chi connectivity index (χ1) is 28.3. The molecular weight excluding hydrogens is 669 g/mol. The quantitative estimate of drug-likeness (QED) is 0.178. The number of nitrogens with zero attached hydrogens (tertiary/aromatic N) is 4. The van der Waals surface area contributed by atoms with E-state index in [1.807, 2.05) is 30.5 Å². The molecule has 1 aliphatic carbocycles. The SMILES string of the molecule is [2H]C([2H])([2H])N1CN(c2cccc(C3(c4ccc5c6ccccc6n(-c6cc(-c7ccccc7C)ccn6)c5c4)c4ccccc4-c4ccccc43)c2)c2ccccc21. The fraction of sp³-hybridized carbons (Fsp3) is 0.0784. The Kier molecular flexibility index (Phi) is 6.26. The maximum atomic E-state index is 8.37. The van der Waals surface area contributed by atoms with Crippen molar-refractivity contribution in [2.24, 2.45) is 0 Å². The number of hydrogen-bond donors (Lipinski definition) is 0. The molecule has 3 heterocycles. The van der Waals surface area contributed by atoms with E-state index in [1.165, 1.54) is 43.7 Å². The van der Waals surface area contributed by atoms with Crippen LogP contribution in [0.2, 0.25) is 0 Å². The molecule has 0 bridgehead atoms. The van der Waals surface area contributed by atoms with E-state index >= 15 is 0 Å². The van der Waals surface area contributed by atoms with E-state index in [0.29, 0.717) is 5.69 Å². The fourth-order valence-corrected chi connectivity index (χ4v) is 9.42. The zero-order valence-electron chi connectivity index (χ0n) is 33.3. The molecule has 0 unspecified atom stereocenters. The number of benzene rings is 7. The minimum Gasteiger partial charge on any atom is -0.355 e. The summed E-state index contributed by atoms with van der Waals surface area (Å²) in [6, 6.07) is 62.4. The maximum Gasteiger partial charge on any atom is 0.138 e. The van der Waals surface area contributed by atoms with Crippen molar-refractivity contribution >= 4 is 38.9 Å². The molecular formula is C51H38N4. The van der Waals surface area contributed by atoms with Crippen molar-refractivity contribution in [2.75, 3.05) is 23.4 Å². The Bertz CT molecular complexity index is 3040. The molecule has 11 rings (SSSR count). The highest BCUT2D eigenvalue weighted by Crippen LogP contribution is 2.57. The van der Waals surface area contributed by atoms with Crippen molar-refractivity contribution in [3.05, 3.63) is 210 Å². The van der Waals surface area contributed by atoms with Crippen LogP contribution in [-0.2, 0) is 5.41 Å². The molecule has 0 spiro atoms. The lowest BCUT2D eigenvalue weighted by molar-refractivity contribution is 0.768. The van der Waals surface area contributed by atoms with Crippen LogP contribution in [0.4, 0.5) is 17.1 Å². The lowest BCUT2D eigenvalue weighted by Gasteiger charge is -2.35. The second-order valence-corrected chi connectivity index (χ2v) is 14.7. The van der Waals surface area contributed by atoms with Gasteiger partial charge in [-0.3, -0.25) is 4.57 Å². The first kappa shape index (κ1) is 28.6. The van der Waals surface area contributed by atoms with Gasteiger partial charge in [-0.15, -0.1) is 0 Å². The normalized spacial score (nSPS) is 15.0. The van der Waals surface area contributed by atoms with E-state index in [2.05, 4.69) is 168 Å². The Morgan fingerprint density at radius 2 is 1.24 bits per heavy atom. The van der Waals surface area contributed by atoms with Crippen LogP contribution in [-0.4, -0.2) is 23.2 Å². The van der Waals surface area contributed by atoms with Crippen molar-refractivity contribution in [1.29, 1.82) is 0 Å². The third kappa shape index (κ3) is 4.55. The van der Waals surface area contributed by atoms with Gasteiger partial charge in [0.2, 0.25) is 0 Å². The summed E-state index contributed by atoms with van der Waals surface area (Å²) in [7, 11) is 0. The molecule has 0 fully saturated rings. The largest absolute Gasteiger partial charge is 0.355 e. The summed E-state index contributed by atoms with van der Waals surface area (Å²) in [6.45, 7) is 0.0924. The standard InChI is InChI=1S/C51H38N4/c1-34-14-3-4-17-39(34)35-28-29-52-50(30-35)55-46-23-10-7-20-42(46)43-27-26-37(32-49(43)55)51(44-21-8-5-18-40(44)41-19-6-9-22-45(41)51)36-15-13-16-38(31-36)54-33-53(2)47-24-11-12-25-48(47)54/h3-32H,33H2,1-2H3/i2D3. The molecule has 0 amide bonds. The zero-order chi connectivity index (χ0) is 39.2. The summed E-state index contributed by atoms with van der Waals surface area (Å²) in [4.78, 5) is 8.66. The molecule has 9 aromatic rings. The van der Waals surface area contributed by atoms with Crippen LogP contribution in [0.1, 0.15) is 31.9 Å². The summed E-state index contributed by atoms with van der Waals surface area (Å²) in [5, 5.41) is 2.33. The van der Waals surface area contributed by atoms with E-state index in [4.69, 9.17) is 9.10 Å². The number of rotatable bonds is 5. The summed E-state index contributed by atoms with van der Waals surface area (Å²) < 4.78 is 27.4. The minimum absolute atomic E-state index is 0.222. The predicted molar refractivity (Wildman–Crippen MR) is 228 cm³/mol.